The molecular weight excluding hydrogens is 645 g/mol. The van der Waals surface area contributed by atoms with E-state index in [1.54, 1.807) is 23.0 Å². The van der Waals surface area contributed by atoms with Crippen molar-refractivity contribution in [1.82, 2.24) is 9.55 Å². The second kappa shape index (κ2) is 11.2. The molecule has 0 bridgehead atoms. The van der Waals surface area contributed by atoms with Crippen LogP contribution in [0.5, 0.6) is 0 Å². The first kappa shape index (κ1) is 31.3. The molecule has 0 atom stereocenters. The predicted octanol–water partition coefficient (Wildman–Crippen LogP) is 11.3. The van der Waals surface area contributed by atoms with E-state index in [-0.39, 0.29) is 17.7 Å². The van der Waals surface area contributed by atoms with Crippen LogP contribution in [-0.2, 0) is 31.4 Å². The average molecular weight is 668 g/mol. The largest absolute Gasteiger partial charge is 0.417 e. The van der Waals surface area contributed by atoms with Crippen molar-refractivity contribution < 1.29 is 39.5 Å². The zero-order valence-corrected chi connectivity index (χ0v) is 24.5. The number of alkyl halides is 9. The van der Waals surface area contributed by atoms with E-state index in [1.165, 1.54) is 24.3 Å². The lowest BCUT2D eigenvalue weighted by atomic mass is 9.93. The SMILES string of the molecule is FC(F)(F)c1cc(-c2ccc(-n3ccc4c(N5c6ccccc6CCc6ccccc65)nccc43)cc2)cc(C(F)(F)F)c1C(F)(F)F. The van der Waals surface area contributed by atoms with Gasteiger partial charge in [0.25, 0.3) is 0 Å². The summed E-state index contributed by atoms with van der Waals surface area (Å²) in [5, 5.41) is 0.778. The van der Waals surface area contributed by atoms with Gasteiger partial charge in [-0.1, -0.05) is 48.5 Å². The highest BCUT2D eigenvalue weighted by Gasteiger charge is 2.50. The van der Waals surface area contributed by atoms with Gasteiger partial charge in [0, 0.05) is 23.5 Å². The van der Waals surface area contributed by atoms with Crippen molar-refractivity contribution in [2.75, 3.05) is 4.90 Å². The molecule has 0 radical (unpaired) electrons. The molecule has 12 heteroatoms. The Morgan fingerprint density at radius 1 is 0.562 bits per heavy atom. The fourth-order valence-corrected chi connectivity index (χ4v) is 6.34. The molecule has 0 unspecified atom stereocenters. The molecule has 0 saturated heterocycles. The summed E-state index contributed by atoms with van der Waals surface area (Å²) >= 11 is 0. The molecular formula is C36H22F9N3. The van der Waals surface area contributed by atoms with E-state index in [0.29, 0.717) is 11.5 Å². The lowest BCUT2D eigenvalue weighted by molar-refractivity contribution is -0.174. The molecule has 244 valence electrons. The van der Waals surface area contributed by atoms with Gasteiger partial charge in [-0.3, -0.25) is 4.90 Å². The van der Waals surface area contributed by atoms with Crippen LogP contribution in [0, 0.1) is 0 Å². The molecule has 7 rings (SSSR count). The van der Waals surface area contributed by atoms with E-state index in [4.69, 9.17) is 4.98 Å². The van der Waals surface area contributed by atoms with Crippen molar-refractivity contribution in [3.05, 3.63) is 137 Å². The number of aromatic nitrogens is 2. The summed E-state index contributed by atoms with van der Waals surface area (Å²) in [4.78, 5) is 6.87. The summed E-state index contributed by atoms with van der Waals surface area (Å²) < 4.78 is 125. The minimum absolute atomic E-state index is 0.104. The summed E-state index contributed by atoms with van der Waals surface area (Å²) in [6.07, 6.45) is -12.2. The van der Waals surface area contributed by atoms with E-state index in [9.17, 15) is 39.5 Å². The number of pyridine rings is 1. The Labute approximate surface area is 267 Å². The van der Waals surface area contributed by atoms with Crippen LogP contribution in [0.15, 0.2) is 109 Å². The zero-order chi connectivity index (χ0) is 34.0. The topological polar surface area (TPSA) is 21.1 Å². The number of para-hydroxylation sites is 2. The quantitative estimate of drug-likeness (QED) is 0.175. The lowest BCUT2D eigenvalue weighted by Crippen LogP contribution is -2.23. The third-order valence-electron chi connectivity index (χ3n) is 8.45. The minimum Gasteiger partial charge on any atom is -0.316 e. The zero-order valence-electron chi connectivity index (χ0n) is 24.5. The summed E-state index contributed by atoms with van der Waals surface area (Å²) in [5.41, 5.74) is -2.87. The van der Waals surface area contributed by atoms with Gasteiger partial charge in [0.1, 0.15) is 5.82 Å². The summed E-state index contributed by atoms with van der Waals surface area (Å²) in [7, 11) is 0. The Hall–Kier alpha value is -5.26. The van der Waals surface area contributed by atoms with Gasteiger partial charge in [0.2, 0.25) is 0 Å². The van der Waals surface area contributed by atoms with Crippen LogP contribution in [-0.4, -0.2) is 9.55 Å². The summed E-state index contributed by atoms with van der Waals surface area (Å²) in [5.74, 6) is 0.661. The standard InChI is InChI=1S/C36H22F9N3/c37-34(38,39)27-19-24(20-28(35(40,41)42)32(27)36(43,44)45)21-11-13-25(14-12-21)47-18-16-26-31(47)15-17-46-33(26)48-29-7-3-1-5-22(29)9-10-23-6-2-4-8-30(23)48/h1-8,11-20H,9-10H2. The number of hydrogen-bond acceptors (Lipinski definition) is 2. The number of nitrogens with zero attached hydrogens (tertiary/aromatic N) is 3. The van der Waals surface area contributed by atoms with Gasteiger partial charge in [-0.15, -0.1) is 0 Å². The molecule has 3 heterocycles. The van der Waals surface area contributed by atoms with E-state index in [2.05, 4.69) is 17.0 Å². The Morgan fingerprint density at radius 2 is 1.10 bits per heavy atom. The van der Waals surface area contributed by atoms with Gasteiger partial charge in [-0.25, -0.2) is 4.98 Å². The number of aryl methyl sites for hydroxylation is 2. The maximum absolute atomic E-state index is 13.7. The van der Waals surface area contributed by atoms with E-state index in [0.717, 1.165) is 46.2 Å². The summed E-state index contributed by atoms with van der Waals surface area (Å²) in [6.45, 7) is 0. The number of halogens is 9. The molecule has 1 aliphatic heterocycles. The molecule has 0 fully saturated rings. The predicted molar refractivity (Wildman–Crippen MR) is 164 cm³/mol. The van der Waals surface area contributed by atoms with E-state index >= 15 is 0 Å². The number of anilines is 3. The van der Waals surface area contributed by atoms with Gasteiger partial charge < -0.3 is 4.57 Å². The molecule has 1 aliphatic rings. The molecule has 3 nitrogen and oxygen atoms in total. The first-order valence-corrected chi connectivity index (χ1v) is 14.6. The van der Waals surface area contributed by atoms with Gasteiger partial charge in [0.15, 0.2) is 0 Å². The highest BCUT2D eigenvalue weighted by atomic mass is 19.4. The van der Waals surface area contributed by atoms with Crippen molar-refractivity contribution in [3.63, 3.8) is 0 Å². The average Bonchev–Trinajstić information content (AvgIpc) is 3.40. The number of benzene rings is 4. The van der Waals surface area contributed by atoms with Crippen molar-refractivity contribution in [2.24, 2.45) is 0 Å². The van der Waals surface area contributed by atoms with Crippen molar-refractivity contribution in [1.29, 1.82) is 0 Å². The molecule has 0 saturated carbocycles. The van der Waals surface area contributed by atoms with Crippen molar-refractivity contribution >= 4 is 28.1 Å². The molecule has 0 spiro atoms. The highest BCUT2D eigenvalue weighted by molar-refractivity contribution is 5.97. The molecule has 2 aromatic heterocycles. The van der Waals surface area contributed by atoms with Crippen molar-refractivity contribution in [2.45, 2.75) is 31.4 Å². The molecule has 6 aromatic rings. The fraction of sp³-hybridized carbons (Fsp3) is 0.139. The Balaban J connectivity index is 1.32. The first-order valence-electron chi connectivity index (χ1n) is 14.6. The molecule has 0 N–H and O–H groups in total. The first-order chi connectivity index (χ1) is 22.7. The van der Waals surface area contributed by atoms with Crippen LogP contribution in [0.1, 0.15) is 27.8 Å². The van der Waals surface area contributed by atoms with Crippen LogP contribution >= 0.6 is 0 Å². The number of fused-ring (bicyclic) bond motifs is 3. The lowest BCUT2D eigenvalue weighted by Gasteiger charge is -2.26. The minimum atomic E-state index is -5.89. The maximum atomic E-state index is 13.7. The van der Waals surface area contributed by atoms with Crippen LogP contribution in [0.2, 0.25) is 0 Å². The van der Waals surface area contributed by atoms with Crippen LogP contribution < -0.4 is 4.90 Å². The second-order valence-electron chi connectivity index (χ2n) is 11.3. The van der Waals surface area contributed by atoms with Crippen molar-refractivity contribution in [3.8, 4) is 16.8 Å². The van der Waals surface area contributed by atoms with Gasteiger partial charge >= 0.3 is 18.5 Å². The van der Waals surface area contributed by atoms with Gasteiger partial charge in [-0.05, 0) is 83.6 Å². The Morgan fingerprint density at radius 3 is 1.62 bits per heavy atom. The molecule has 0 aliphatic carbocycles. The Bertz CT molecular complexity index is 2080. The molecule has 0 amide bonds. The van der Waals surface area contributed by atoms with Gasteiger partial charge in [-0.2, -0.15) is 39.5 Å². The third-order valence-corrected chi connectivity index (χ3v) is 8.45. The molecule has 4 aromatic carbocycles. The van der Waals surface area contributed by atoms with Gasteiger partial charge in [0.05, 0.1) is 33.6 Å². The number of rotatable bonds is 3. The number of hydrogen-bond donors (Lipinski definition) is 0. The van der Waals surface area contributed by atoms with E-state index < -0.39 is 40.8 Å². The second-order valence-corrected chi connectivity index (χ2v) is 11.3. The summed E-state index contributed by atoms with van der Waals surface area (Å²) in [6, 6.07) is 25.4. The fourth-order valence-electron chi connectivity index (χ4n) is 6.34. The Kier molecular flexibility index (Phi) is 7.30. The smallest absolute Gasteiger partial charge is 0.316 e. The maximum Gasteiger partial charge on any atom is 0.417 e. The van der Waals surface area contributed by atoms with Crippen LogP contribution in [0.4, 0.5) is 56.7 Å². The monoisotopic (exact) mass is 667 g/mol. The highest BCUT2D eigenvalue weighted by Crippen LogP contribution is 2.49. The van der Waals surface area contributed by atoms with E-state index in [1.807, 2.05) is 42.5 Å². The molecule has 48 heavy (non-hydrogen) atoms. The normalized spacial score (nSPS) is 13.7. The van der Waals surface area contributed by atoms with Crippen LogP contribution in [0.25, 0.3) is 27.7 Å². The third kappa shape index (κ3) is 5.44. The van der Waals surface area contributed by atoms with Crippen LogP contribution in [0.3, 0.4) is 0 Å².